The summed E-state index contributed by atoms with van der Waals surface area (Å²) in [4.78, 5) is 24.1. The van der Waals surface area contributed by atoms with E-state index in [2.05, 4.69) is 0 Å². The lowest BCUT2D eigenvalue weighted by atomic mass is 9.98. The average Bonchev–Trinajstić information content (AvgIpc) is 2.36. The molecular weight excluding hydrogens is 248 g/mol. The molecule has 102 valence electrons. The van der Waals surface area contributed by atoms with Crippen LogP contribution < -0.4 is 5.73 Å². The van der Waals surface area contributed by atoms with E-state index in [0.717, 1.165) is 11.1 Å². The van der Waals surface area contributed by atoms with Crippen LogP contribution in [0.2, 0.25) is 0 Å². The fourth-order valence-corrected chi connectivity index (χ4v) is 2.24. The highest BCUT2D eigenvalue weighted by Crippen LogP contribution is 2.23. The molecule has 1 unspecified atom stereocenters. The van der Waals surface area contributed by atoms with Gasteiger partial charge >= 0.3 is 5.97 Å². The molecule has 2 rings (SSSR count). The molecule has 0 saturated carbocycles. The van der Waals surface area contributed by atoms with Gasteiger partial charge < -0.3 is 20.8 Å². The number of fused-ring (bicyclic) bond motifs is 1. The summed E-state index contributed by atoms with van der Waals surface area (Å²) in [6.07, 6.45) is 0.309. The van der Waals surface area contributed by atoms with Crippen LogP contribution in [0.5, 0.6) is 5.75 Å². The summed E-state index contributed by atoms with van der Waals surface area (Å²) in [5.41, 5.74) is 7.55. The predicted octanol–water partition coefficient (Wildman–Crippen LogP) is 0.0789. The molecular formula is C13H16N2O4. The molecule has 1 heterocycles. The molecule has 0 aromatic heterocycles. The molecule has 4 N–H and O–H groups in total. The molecule has 0 aliphatic carbocycles. The summed E-state index contributed by atoms with van der Waals surface area (Å²) in [5, 5.41) is 18.1. The van der Waals surface area contributed by atoms with Gasteiger partial charge in [-0.2, -0.15) is 0 Å². The molecule has 0 radical (unpaired) electrons. The molecule has 0 fully saturated rings. The Kier molecular flexibility index (Phi) is 3.71. The number of carbonyl (C=O) groups excluding carboxylic acids is 1. The topological polar surface area (TPSA) is 104 Å². The van der Waals surface area contributed by atoms with Crippen molar-refractivity contribution in [2.45, 2.75) is 25.4 Å². The molecule has 1 aliphatic heterocycles. The maximum Gasteiger partial charge on any atom is 0.305 e. The monoisotopic (exact) mass is 264 g/mol. The van der Waals surface area contributed by atoms with Gasteiger partial charge in [0.2, 0.25) is 5.91 Å². The van der Waals surface area contributed by atoms with Crippen molar-refractivity contribution in [2.75, 3.05) is 6.54 Å². The number of nitrogens with zero attached hydrogens (tertiary/aromatic N) is 1. The lowest BCUT2D eigenvalue weighted by molar-refractivity contribution is -0.142. The Morgan fingerprint density at radius 1 is 1.37 bits per heavy atom. The van der Waals surface area contributed by atoms with Crippen LogP contribution in [0.4, 0.5) is 0 Å². The molecule has 19 heavy (non-hydrogen) atoms. The number of rotatable bonds is 3. The van der Waals surface area contributed by atoms with Crippen LogP contribution in [-0.2, 0) is 22.6 Å². The predicted molar refractivity (Wildman–Crippen MR) is 67.5 cm³/mol. The van der Waals surface area contributed by atoms with Crippen LogP contribution in [0, 0.1) is 0 Å². The van der Waals surface area contributed by atoms with Crippen molar-refractivity contribution in [1.82, 2.24) is 4.90 Å². The molecule has 6 heteroatoms. The first-order valence-electron chi connectivity index (χ1n) is 6.04. The number of amides is 1. The minimum Gasteiger partial charge on any atom is -0.508 e. The van der Waals surface area contributed by atoms with E-state index in [1.54, 1.807) is 12.1 Å². The van der Waals surface area contributed by atoms with Crippen molar-refractivity contribution in [1.29, 1.82) is 0 Å². The summed E-state index contributed by atoms with van der Waals surface area (Å²) < 4.78 is 0. The van der Waals surface area contributed by atoms with Crippen molar-refractivity contribution < 1.29 is 19.8 Å². The first-order chi connectivity index (χ1) is 8.97. The number of carbonyl (C=O) groups is 2. The van der Waals surface area contributed by atoms with E-state index in [4.69, 9.17) is 10.8 Å². The molecule has 0 bridgehead atoms. The van der Waals surface area contributed by atoms with Gasteiger partial charge in [-0.15, -0.1) is 0 Å². The smallest absolute Gasteiger partial charge is 0.305 e. The highest BCUT2D eigenvalue weighted by atomic mass is 16.4. The highest BCUT2D eigenvalue weighted by Gasteiger charge is 2.26. The van der Waals surface area contributed by atoms with Crippen molar-refractivity contribution >= 4 is 11.9 Å². The first-order valence-corrected chi connectivity index (χ1v) is 6.04. The largest absolute Gasteiger partial charge is 0.508 e. The minimum absolute atomic E-state index is 0.155. The summed E-state index contributed by atoms with van der Waals surface area (Å²) in [6, 6.07) is 4.06. The number of benzene rings is 1. The molecule has 1 amide bonds. The average molecular weight is 264 g/mol. The van der Waals surface area contributed by atoms with Gasteiger partial charge in [0.05, 0.1) is 12.5 Å². The number of aromatic hydroxyl groups is 1. The van der Waals surface area contributed by atoms with Crippen molar-refractivity contribution in [3.63, 3.8) is 0 Å². The van der Waals surface area contributed by atoms with Crippen molar-refractivity contribution in [3.8, 4) is 5.75 Å². The van der Waals surface area contributed by atoms with Gasteiger partial charge in [0, 0.05) is 13.1 Å². The molecule has 6 nitrogen and oxygen atoms in total. The van der Waals surface area contributed by atoms with E-state index in [1.165, 1.54) is 4.90 Å². The second kappa shape index (κ2) is 5.27. The molecule has 1 aromatic rings. The van der Waals surface area contributed by atoms with E-state index in [1.807, 2.05) is 6.07 Å². The molecule has 1 aliphatic rings. The second-order valence-electron chi connectivity index (χ2n) is 4.67. The zero-order valence-electron chi connectivity index (χ0n) is 10.4. The summed E-state index contributed by atoms with van der Waals surface area (Å²) >= 11 is 0. The van der Waals surface area contributed by atoms with Crippen LogP contribution in [0.25, 0.3) is 0 Å². The van der Waals surface area contributed by atoms with Crippen LogP contribution >= 0.6 is 0 Å². The Balaban J connectivity index is 2.08. The minimum atomic E-state index is -1.09. The summed E-state index contributed by atoms with van der Waals surface area (Å²) in [6.45, 7) is 0.875. The zero-order chi connectivity index (χ0) is 14.0. The summed E-state index contributed by atoms with van der Waals surface area (Å²) in [7, 11) is 0. The molecule has 1 aromatic carbocycles. The normalized spacial score (nSPS) is 15.7. The van der Waals surface area contributed by atoms with Crippen LogP contribution in [-0.4, -0.2) is 39.6 Å². The first kappa shape index (κ1) is 13.4. The van der Waals surface area contributed by atoms with Gasteiger partial charge in [0.15, 0.2) is 0 Å². The Morgan fingerprint density at radius 3 is 2.79 bits per heavy atom. The Labute approximate surface area is 110 Å². The molecule has 1 atom stereocenters. The van der Waals surface area contributed by atoms with Gasteiger partial charge in [0.1, 0.15) is 5.75 Å². The van der Waals surface area contributed by atoms with Gasteiger partial charge in [-0.25, -0.2) is 0 Å². The Morgan fingerprint density at radius 2 is 2.11 bits per heavy atom. The molecule has 0 saturated heterocycles. The van der Waals surface area contributed by atoms with Gasteiger partial charge in [-0.3, -0.25) is 9.59 Å². The van der Waals surface area contributed by atoms with E-state index >= 15 is 0 Å². The number of phenolic OH excluding ortho intramolecular Hbond substituents is 1. The van der Waals surface area contributed by atoms with E-state index in [0.29, 0.717) is 19.5 Å². The number of hydrogen-bond acceptors (Lipinski definition) is 4. The number of hydrogen-bond donors (Lipinski definition) is 3. The number of carboxylic acids is 1. The number of carboxylic acid groups (broad SMARTS) is 1. The maximum absolute atomic E-state index is 12.0. The second-order valence-corrected chi connectivity index (χ2v) is 4.67. The van der Waals surface area contributed by atoms with Gasteiger partial charge in [-0.1, -0.05) is 6.07 Å². The standard InChI is InChI=1S/C13H16N2O4/c14-11(6-12(17)18)13(19)15-4-3-8-1-2-10(16)5-9(8)7-15/h1-2,5,11,16H,3-4,6-7,14H2,(H,17,18). The van der Waals surface area contributed by atoms with Gasteiger partial charge in [-0.05, 0) is 29.7 Å². The third kappa shape index (κ3) is 3.03. The van der Waals surface area contributed by atoms with E-state index in [-0.39, 0.29) is 18.1 Å². The highest BCUT2D eigenvalue weighted by molar-refractivity contribution is 5.86. The van der Waals surface area contributed by atoms with Crippen LogP contribution in [0.1, 0.15) is 17.5 Å². The van der Waals surface area contributed by atoms with Crippen LogP contribution in [0.15, 0.2) is 18.2 Å². The fourth-order valence-electron chi connectivity index (χ4n) is 2.24. The van der Waals surface area contributed by atoms with E-state index in [9.17, 15) is 14.7 Å². The van der Waals surface area contributed by atoms with E-state index < -0.39 is 12.0 Å². The lowest BCUT2D eigenvalue weighted by Gasteiger charge is -2.30. The number of nitrogens with two attached hydrogens (primary N) is 1. The molecule has 0 spiro atoms. The Bertz CT molecular complexity index is 515. The lowest BCUT2D eigenvalue weighted by Crippen LogP contribution is -2.46. The zero-order valence-corrected chi connectivity index (χ0v) is 10.4. The fraction of sp³-hybridized carbons (Fsp3) is 0.385. The van der Waals surface area contributed by atoms with Gasteiger partial charge in [0.25, 0.3) is 0 Å². The van der Waals surface area contributed by atoms with Crippen LogP contribution in [0.3, 0.4) is 0 Å². The quantitative estimate of drug-likeness (QED) is 0.717. The SMILES string of the molecule is NC(CC(=O)O)C(=O)N1CCc2ccc(O)cc2C1. The Hall–Kier alpha value is -2.08. The number of aliphatic carboxylic acids is 1. The third-order valence-electron chi connectivity index (χ3n) is 3.23. The van der Waals surface area contributed by atoms with Crippen molar-refractivity contribution in [2.24, 2.45) is 5.73 Å². The summed E-state index contributed by atoms with van der Waals surface area (Å²) in [5.74, 6) is -1.30. The number of phenols is 1. The third-order valence-corrected chi connectivity index (χ3v) is 3.23. The van der Waals surface area contributed by atoms with Crippen molar-refractivity contribution in [3.05, 3.63) is 29.3 Å². The maximum atomic E-state index is 12.0.